The molecule has 0 spiro atoms. The lowest BCUT2D eigenvalue weighted by molar-refractivity contribution is -0.147. The number of hydrogen-bond donors (Lipinski definition) is 1. The molecule has 0 saturated carbocycles. The molecule has 0 bridgehead atoms. The Bertz CT molecular complexity index is 299. The zero-order valence-corrected chi connectivity index (χ0v) is 10.1. The van der Waals surface area contributed by atoms with Gasteiger partial charge in [0.1, 0.15) is 5.41 Å². The first-order chi connectivity index (χ1) is 6.49. The monoisotopic (exact) mass is 310 g/mol. The molecular weight excluding hydrogens is 299 g/mol. The lowest BCUT2D eigenvalue weighted by Gasteiger charge is -2.35. The number of nitrogens with one attached hydrogen (secondary N) is 1. The van der Waals surface area contributed by atoms with Gasteiger partial charge in [-0.25, -0.2) is 7.91 Å². The normalized spacial score (nSPS) is 21.1. The molecule has 6 heteroatoms. The topological polar surface area (TPSA) is 66.5 Å². The Morgan fingerprint density at radius 3 is 2.21 bits per heavy atom. The maximum Gasteiger partial charge on any atom is 0.339 e. The van der Waals surface area contributed by atoms with Gasteiger partial charge in [0, 0.05) is 0 Å². The Balaban J connectivity index is 3.12. The highest BCUT2D eigenvalue weighted by Gasteiger charge is 2.50. The lowest BCUT2D eigenvalue weighted by atomic mass is 9.79. The molecule has 1 heterocycles. The molecule has 1 fully saturated rings. The maximum atomic E-state index is 11.8. The average Bonchev–Trinajstić information content (AvgIpc) is 2.17. The summed E-state index contributed by atoms with van der Waals surface area (Å²) in [6.07, 6.45) is 0.807. The molecule has 1 aliphatic rings. The van der Waals surface area contributed by atoms with Gasteiger partial charge in [0.15, 0.2) is 0 Å². The second-order valence-electron chi connectivity index (χ2n) is 3.13. The van der Waals surface area contributed by atoms with Crippen molar-refractivity contribution in [3.05, 3.63) is 0 Å². The van der Waals surface area contributed by atoms with E-state index in [1.807, 2.05) is 0 Å². The van der Waals surface area contributed by atoms with Gasteiger partial charge in [0.2, 0.25) is 5.91 Å². The van der Waals surface area contributed by atoms with Crippen molar-refractivity contribution < 1.29 is 14.4 Å². The van der Waals surface area contributed by atoms with Crippen LogP contribution in [-0.2, 0) is 9.59 Å². The molecule has 14 heavy (non-hydrogen) atoms. The minimum Gasteiger partial charge on any atom is -0.276 e. The van der Waals surface area contributed by atoms with Gasteiger partial charge < -0.3 is 0 Å². The largest absolute Gasteiger partial charge is 0.339 e. The van der Waals surface area contributed by atoms with Crippen LogP contribution in [0.2, 0.25) is 0 Å². The van der Waals surface area contributed by atoms with E-state index in [2.05, 4.69) is 5.32 Å². The number of carbonyl (C=O) groups excluding carboxylic acids is 3. The number of halogens is 1. The second kappa shape index (κ2) is 3.84. The summed E-state index contributed by atoms with van der Waals surface area (Å²) in [5.74, 6) is -0.901. The molecule has 0 atom stereocenters. The third kappa shape index (κ3) is 1.41. The van der Waals surface area contributed by atoms with Crippen molar-refractivity contribution in [1.82, 2.24) is 8.43 Å². The average molecular weight is 310 g/mol. The van der Waals surface area contributed by atoms with E-state index in [9.17, 15) is 14.4 Å². The van der Waals surface area contributed by atoms with Gasteiger partial charge >= 0.3 is 6.03 Å². The van der Waals surface area contributed by atoms with Crippen molar-refractivity contribution in [3.63, 3.8) is 0 Å². The fourth-order valence-corrected chi connectivity index (χ4v) is 2.10. The van der Waals surface area contributed by atoms with E-state index >= 15 is 0 Å². The van der Waals surface area contributed by atoms with Gasteiger partial charge in [0.05, 0.1) is 22.9 Å². The molecule has 0 aromatic rings. The van der Waals surface area contributed by atoms with Crippen LogP contribution in [0.15, 0.2) is 0 Å². The Morgan fingerprint density at radius 1 is 1.29 bits per heavy atom. The SMILES string of the molecule is CCC1(CC)C(=O)NC(=O)N(I)C1=O. The minimum atomic E-state index is -1.06. The lowest BCUT2D eigenvalue weighted by Crippen LogP contribution is -2.60. The molecule has 78 valence electrons. The van der Waals surface area contributed by atoms with Crippen molar-refractivity contribution >= 4 is 40.7 Å². The summed E-state index contributed by atoms with van der Waals surface area (Å²) in [5.41, 5.74) is -1.06. The number of imide groups is 2. The van der Waals surface area contributed by atoms with Crippen LogP contribution in [0.25, 0.3) is 0 Å². The summed E-state index contributed by atoms with van der Waals surface area (Å²) in [4.78, 5) is 34.4. The van der Waals surface area contributed by atoms with Gasteiger partial charge in [-0.05, 0) is 12.8 Å². The third-order valence-corrected chi connectivity index (χ3v) is 3.50. The fourth-order valence-electron chi connectivity index (χ4n) is 1.52. The molecule has 0 aliphatic carbocycles. The van der Waals surface area contributed by atoms with Crippen LogP contribution in [0.3, 0.4) is 0 Å². The Labute approximate surface area is 95.7 Å². The van der Waals surface area contributed by atoms with Crippen LogP contribution in [0.4, 0.5) is 4.79 Å². The molecule has 0 aromatic heterocycles. The van der Waals surface area contributed by atoms with Crippen LogP contribution < -0.4 is 5.32 Å². The summed E-state index contributed by atoms with van der Waals surface area (Å²) >= 11 is 1.61. The molecule has 1 saturated heterocycles. The molecule has 0 aromatic carbocycles. The zero-order valence-electron chi connectivity index (χ0n) is 7.96. The smallest absolute Gasteiger partial charge is 0.276 e. The van der Waals surface area contributed by atoms with Crippen molar-refractivity contribution in [1.29, 1.82) is 0 Å². The third-order valence-electron chi connectivity index (χ3n) is 2.63. The van der Waals surface area contributed by atoms with E-state index in [0.717, 1.165) is 3.11 Å². The molecule has 0 unspecified atom stereocenters. The van der Waals surface area contributed by atoms with Gasteiger partial charge in [-0.3, -0.25) is 14.9 Å². The number of hydrogen-bond acceptors (Lipinski definition) is 3. The molecule has 1 rings (SSSR count). The van der Waals surface area contributed by atoms with Crippen molar-refractivity contribution in [2.75, 3.05) is 0 Å². The first-order valence-electron chi connectivity index (χ1n) is 4.35. The van der Waals surface area contributed by atoms with Crippen LogP contribution in [-0.4, -0.2) is 21.0 Å². The molecule has 0 radical (unpaired) electrons. The van der Waals surface area contributed by atoms with Gasteiger partial charge in [0.25, 0.3) is 5.91 Å². The number of carbonyl (C=O) groups is 3. The molecular formula is C8H11IN2O3. The summed E-state index contributed by atoms with van der Waals surface area (Å²) < 4.78 is 0.937. The van der Waals surface area contributed by atoms with Gasteiger partial charge in [-0.15, -0.1) is 0 Å². The Morgan fingerprint density at radius 2 is 1.79 bits per heavy atom. The number of barbiturate groups is 1. The first-order valence-corrected chi connectivity index (χ1v) is 5.31. The summed E-state index contributed by atoms with van der Waals surface area (Å²) in [5, 5.41) is 2.17. The predicted molar refractivity (Wildman–Crippen MR) is 57.4 cm³/mol. The van der Waals surface area contributed by atoms with E-state index < -0.39 is 23.3 Å². The zero-order chi connectivity index (χ0) is 10.9. The summed E-state index contributed by atoms with van der Waals surface area (Å²) in [6.45, 7) is 3.53. The Kier molecular flexibility index (Phi) is 3.13. The fraction of sp³-hybridized carbons (Fsp3) is 0.625. The molecule has 4 amide bonds. The van der Waals surface area contributed by atoms with Crippen molar-refractivity contribution in [2.45, 2.75) is 26.7 Å². The van der Waals surface area contributed by atoms with Crippen LogP contribution in [0.1, 0.15) is 26.7 Å². The van der Waals surface area contributed by atoms with E-state index in [-0.39, 0.29) is 0 Å². The molecule has 1 N–H and O–H groups in total. The van der Waals surface area contributed by atoms with E-state index in [1.165, 1.54) is 0 Å². The number of nitrogens with zero attached hydrogens (tertiary/aromatic N) is 1. The predicted octanol–water partition coefficient (Wildman–Crippen LogP) is 1.22. The maximum absolute atomic E-state index is 11.8. The van der Waals surface area contributed by atoms with Crippen LogP contribution in [0, 0.1) is 5.41 Å². The first kappa shape index (κ1) is 11.4. The van der Waals surface area contributed by atoms with Crippen LogP contribution in [0.5, 0.6) is 0 Å². The second-order valence-corrected chi connectivity index (χ2v) is 4.10. The highest BCUT2D eigenvalue weighted by Crippen LogP contribution is 2.33. The quantitative estimate of drug-likeness (QED) is 0.474. The number of urea groups is 1. The highest BCUT2D eigenvalue weighted by atomic mass is 127. The Hall–Kier alpha value is -0.660. The van der Waals surface area contributed by atoms with Crippen LogP contribution >= 0.6 is 22.9 Å². The van der Waals surface area contributed by atoms with E-state index in [4.69, 9.17) is 0 Å². The van der Waals surface area contributed by atoms with Gasteiger partial charge in [-0.1, -0.05) is 13.8 Å². The molecule has 1 aliphatic heterocycles. The highest BCUT2D eigenvalue weighted by molar-refractivity contribution is 14.1. The van der Waals surface area contributed by atoms with E-state index in [0.29, 0.717) is 12.8 Å². The number of rotatable bonds is 2. The number of amides is 4. The summed E-state index contributed by atoms with van der Waals surface area (Å²) in [6, 6.07) is -0.655. The van der Waals surface area contributed by atoms with Gasteiger partial charge in [-0.2, -0.15) is 0 Å². The van der Waals surface area contributed by atoms with Crippen molar-refractivity contribution in [2.24, 2.45) is 5.41 Å². The minimum absolute atomic E-state index is 0.404. The summed E-state index contributed by atoms with van der Waals surface area (Å²) in [7, 11) is 0. The standard InChI is InChI=1S/C8H11IN2O3/c1-3-8(4-2)5(12)10-7(14)11(9)6(8)13/h3-4H2,1-2H3,(H,10,12,14). The van der Waals surface area contributed by atoms with Crippen molar-refractivity contribution in [3.8, 4) is 0 Å². The van der Waals surface area contributed by atoms with E-state index in [1.54, 1.807) is 36.7 Å². The molecule has 5 nitrogen and oxygen atoms in total.